The number of nitrogens with two attached hydrogens (primary N) is 1. The molecule has 98 valence electrons. The van der Waals surface area contributed by atoms with Gasteiger partial charge in [-0.1, -0.05) is 19.9 Å². The quantitative estimate of drug-likeness (QED) is 0.868. The van der Waals surface area contributed by atoms with Crippen LogP contribution in [-0.4, -0.2) is 0 Å². The zero-order chi connectivity index (χ0) is 12.3. The Bertz CT molecular complexity index is 367. The molecule has 1 aromatic carbocycles. The summed E-state index contributed by atoms with van der Waals surface area (Å²) in [5, 5.41) is 0. The van der Waals surface area contributed by atoms with Crippen molar-refractivity contribution < 1.29 is 8.78 Å². The largest absolute Gasteiger partial charge is 0.324 e. The van der Waals surface area contributed by atoms with E-state index >= 15 is 0 Å². The number of halogens is 3. The Morgan fingerprint density at radius 1 is 1.18 bits per heavy atom. The molecule has 1 nitrogen and oxygen atoms in total. The Labute approximate surface area is 108 Å². The molecule has 1 aromatic rings. The maximum atomic E-state index is 13.7. The summed E-state index contributed by atoms with van der Waals surface area (Å²) in [6.45, 7) is 5.75. The smallest absolute Gasteiger partial charge is 0.133 e. The molecule has 0 bridgehead atoms. The second-order valence-corrected chi connectivity index (χ2v) is 4.67. The van der Waals surface area contributed by atoms with Crippen molar-refractivity contribution in [2.24, 2.45) is 11.7 Å². The molecular weight excluding hydrogens is 244 g/mol. The Morgan fingerprint density at radius 2 is 1.76 bits per heavy atom. The average molecular weight is 264 g/mol. The summed E-state index contributed by atoms with van der Waals surface area (Å²) in [5.74, 6) is -0.558. The van der Waals surface area contributed by atoms with E-state index < -0.39 is 17.7 Å². The highest BCUT2D eigenvalue weighted by Gasteiger charge is 2.18. The third-order valence-electron chi connectivity index (χ3n) is 2.75. The van der Waals surface area contributed by atoms with Crippen LogP contribution in [0.4, 0.5) is 8.78 Å². The fourth-order valence-corrected chi connectivity index (χ4v) is 1.68. The van der Waals surface area contributed by atoms with Crippen molar-refractivity contribution in [2.75, 3.05) is 0 Å². The van der Waals surface area contributed by atoms with Gasteiger partial charge in [-0.3, -0.25) is 0 Å². The topological polar surface area (TPSA) is 26.0 Å². The van der Waals surface area contributed by atoms with Crippen LogP contribution in [0.5, 0.6) is 0 Å². The summed E-state index contributed by atoms with van der Waals surface area (Å²) >= 11 is 0. The third kappa shape index (κ3) is 4.25. The SMILES string of the molecule is Cc1ccc(F)c([C@@H](N)CCC(C)C)c1F.Cl. The van der Waals surface area contributed by atoms with Gasteiger partial charge in [0.1, 0.15) is 11.6 Å². The molecule has 0 saturated heterocycles. The summed E-state index contributed by atoms with van der Waals surface area (Å²) in [6, 6.07) is 2.16. The van der Waals surface area contributed by atoms with Gasteiger partial charge in [0.15, 0.2) is 0 Å². The van der Waals surface area contributed by atoms with E-state index in [4.69, 9.17) is 5.73 Å². The third-order valence-corrected chi connectivity index (χ3v) is 2.75. The molecule has 0 aliphatic heterocycles. The van der Waals surface area contributed by atoms with E-state index in [0.29, 0.717) is 17.9 Å². The van der Waals surface area contributed by atoms with Gasteiger partial charge in [-0.15, -0.1) is 12.4 Å². The Kier molecular flexibility index (Phi) is 6.65. The molecule has 0 amide bonds. The molecule has 17 heavy (non-hydrogen) atoms. The standard InChI is InChI=1S/C13H19F2N.ClH/c1-8(2)4-7-11(16)12-10(14)6-5-9(3)13(12)15;/h5-6,8,11H,4,7,16H2,1-3H3;1H/t11-;/m0./s1. The van der Waals surface area contributed by atoms with E-state index in [0.717, 1.165) is 6.42 Å². The van der Waals surface area contributed by atoms with E-state index in [2.05, 4.69) is 13.8 Å². The molecule has 0 heterocycles. The second-order valence-electron chi connectivity index (χ2n) is 4.67. The normalized spacial score (nSPS) is 12.4. The van der Waals surface area contributed by atoms with Crippen molar-refractivity contribution in [2.45, 2.75) is 39.7 Å². The second kappa shape index (κ2) is 6.92. The first-order valence-corrected chi connectivity index (χ1v) is 5.63. The zero-order valence-electron chi connectivity index (χ0n) is 10.5. The molecule has 1 rings (SSSR count). The molecule has 0 saturated carbocycles. The summed E-state index contributed by atoms with van der Waals surface area (Å²) in [5.41, 5.74) is 6.30. The maximum Gasteiger partial charge on any atom is 0.133 e. The molecule has 0 spiro atoms. The molecule has 0 aromatic heterocycles. The average Bonchev–Trinajstić information content (AvgIpc) is 2.21. The van der Waals surface area contributed by atoms with Crippen LogP contribution in [0.2, 0.25) is 0 Å². The summed E-state index contributed by atoms with van der Waals surface area (Å²) in [4.78, 5) is 0. The first kappa shape index (κ1) is 16.3. The van der Waals surface area contributed by atoms with Crippen molar-refractivity contribution in [1.82, 2.24) is 0 Å². The molecule has 0 radical (unpaired) electrons. The van der Waals surface area contributed by atoms with Gasteiger partial charge in [-0.05, 0) is 37.3 Å². The molecule has 1 atom stereocenters. The van der Waals surface area contributed by atoms with Crippen molar-refractivity contribution in [1.29, 1.82) is 0 Å². The van der Waals surface area contributed by atoms with E-state index in [1.165, 1.54) is 12.1 Å². The number of hydrogen-bond donors (Lipinski definition) is 1. The number of aryl methyl sites for hydroxylation is 1. The summed E-state index contributed by atoms with van der Waals surface area (Å²) < 4.78 is 27.2. The van der Waals surface area contributed by atoms with Gasteiger partial charge in [-0.2, -0.15) is 0 Å². The van der Waals surface area contributed by atoms with Crippen LogP contribution < -0.4 is 5.73 Å². The lowest BCUT2D eigenvalue weighted by Crippen LogP contribution is -2.15. The predicted octanol–water partition coefficient (Wildman–Crippen LogP) is 4.13. The van der Waals surface area contributed by atoms with Crippen molar-refractivity contribution >= 4 is 12.4 Å². The molecule has 0 unspecified atom stereocenters. The van der Waals surface area contributed by atoms with E-state index in [1.807, 2.05) is 0 Å². The Morgan fingerprint density at radius 3 is 2.29 bits per heavy atom. The number of rotatable bonds is 4. The molecule has 4 heteroatoms. The molecule has 2 N–H and O–H groups in total. The highest BCUT2D eigenvalue weighted by molar-refractivity contribution is 5.85. The lowest BCUT2D eigenvalue weighted by Gasteiger charge is -2.16. The van der Waals surface area contributed by atoms with Crippen molar-refractivity contribution in [3.8, 4) is 0 Å². The minimum Gasteiger partial charge on any atom is -0.324 e. The Balaban J connectivity index is 0.00000256. The Hall–Kier alpha value is -0.670. The number of hydrogen-bond acceptors (Lipinski definition) is 1. The minimum atomic E-state index is -0.553. The van der Waals surface area contributed by atoms with Crippen LogP contribution >= 0.6 is 12.4 Å². The zero-order valence-corrected chi connectivity index (χ0v) is 11.3. The van der Waals surface area contributed by atoms with Crippen LogP contribution in [0.3, 0.4) is 0 Å². The molecule has 0 aliphatic carbocycles. The monoisotopic (exact) mass is 263 g/mol. The molecular formula is C13H20ClF2N. The van der Waals surface area contributed by atoms with Crippen LogP contribution in [-0.2, 0) is 0 Å². The van der Waals surface area contributed by atoms with Crippen LogP contribution in [0.25, 0.3) is 0 Å². The highest BCUT2D eigenvalue weighted by Crippen LogP contribution is 2.25. The minimum absolute atomic E-state index is 0. The predicted molar refractivity (Wildman–Crippen MR) is 69.3 cm³/mol. The lowest BCUT2D eigenvalue weighted by molar-refractivity contribution is 0.467. The van der Waals surface area contributed by atoms with Crippen LogP contribution in [0.1, 0.15) is 43.9 Å². The van der Waals surface area contributed by atoms with E-state index in [-0.39, 0.29) is 18.0 Å². The van der Waals surface area contributed by atoms with Gasteiger partial charge in [0.05, 0.1) is 0 Å². The van der Waals surface area contributed by atoms with Gasteiger partial charge >= 0.3 is 0 Å². The van der Waals surface area contributed by atoms with Gasteiger partial charge in [0.25, 0.3) is 0 Å². The number of benzene rings is 1. The maximum absolute atomic E-state index is 13.7. The fraction of sp³-hybridized carbons (Fsp3) is 0.538. The van der Waals surface area contributed by atoms with Crippen LogP contribution in [0.15, 0.2) is 12.1 Å². The molecule has 0 fully saturated rings. The van der Waals surface area contributed by atoms with E-state index in [1.54, 1.807) is 6.92 Å². The first-order valence-electron chi connectivity index (χ1n) is 5.63. The van der Waals surface area contributed by atoms with Gasteiger partial charge in [0.2, 0.25) is 0 Å². The van der Waals surface area contributed by atoms with E-state index in [9.17, 15) is 8.78 Å². The first-order chi connectivity index (χ1) is 7.43. The van der Waals surface area contributed by atoms with Gasteiger partial charge in [0, 0.05) is 11.6 Å². The van der Waals surface area contributed by atoms with Crippen molar-refractivity contribution in [3.05, 3.63) is 34.9 Å². The van der Waals surface area contributed by atoms with Crippen LogP contribution in [0, 0.1) is 24.5 Å². The fourth-order valence-electron chi connectivity index (χ4n) is 1.68. The van der Waals surface area contributed by atoms with Crippen molar-refractivity contribution in [3.63, 3.8) is 0 Å². The molecule has 0 aliphatic rings. The summed E-state index contributed by atoms with van der Waals surface area (Å²) in [6.07, 6.45) is 1.48. The summed E-state index contributed by atoms with van der Waals surface area (Å²) in [7, 11) is 0. The van der Waals surface area contributed by atoms with Gasteiger partial charge < -0.3 is 5.73 Å². The highest BCUT2D eigenvalue weighted by atomic mass is 35.5. The lowest BCUT2D eigenvalue weighted by atomic mass is 9.96. The van der Waals surface area contributed by atoms with Gasteiger partial charge in [-0.25, -0.2) is 8.78 Å².